The lowest BCUT2D eigenvalue weighted by atomic mass is 10.0. The van der Waals surface area contributed by atoms with Gasteiger partial charge < -0.3 is 19.6 Å². The Balaban J connectivity index is 1.45. The zero-order valence-electron chi connectivity index (χ0n) is 17.0. The van der Waals surface area contributed by atoms with Gasteiger partial charge in [-0.05, 0) is 37.8 Å². The number of likely N-dealkylation sites (N-methyl/N-ethyl adjacent to an activating group) is 1. The van der Waals surface area contributed by atoms with Crippen LogP contribution in [-0.2, 0) is 9.53 Å². The molecule has 1 aromatic carbocycles. The lowest BCUT2D eigenvalue weighted by molar-refractivity contribution is -0.142. The fraction of sp³-hybridized carbons (Fsp3) is 0.500. The lowest BCUT2D eigenvalue weighted by Gasteiger charge is -2.37. The van der Waals surface area contributed by atoms with E-state index in [1.54, 1.807) is 18.3 Å². The Bertz CT molecular complexity index is 989. The van der Waals surface area contributed by atoms with Crippen molar-refractivity contribution in [3.8, 4) is 11.8 Å². The summed E-state index contributed by atoms with van der Waals surface area (Å²) in [5.41, 5.74) is 2.04. The number of hydrogen-bond acceptors (Lipinski definition) is 6. The molecule has 0 aliphatic carbocycles. The van der Waals surface area contributed by atoms with Crippen LogP contribution in [-0.4, -0.2) is 71.4 Å². The normalized spacial score (nSPS) is 19.6. The first-order valence-electron chi connectivity index (χ1n) is 10.3. The van der Waals surface area contributed by atoms with Crippen molar-refractivity contribution in [1.29, 1.82) is 0 Å². The minimum atomic E-state index is -0.269. The average molecular weight is 429 g/mol. The molecule has 1 unspecified atom stereocenters. The van der Waals surface area contributed by atoms with Crippen molar-refractivity contribution in [1.82, 2.24) is 14.9 Å². The zero-order chi connectivity index (χ0) is 21.1. The average Bonchev–Trinajstić information content (AvgIpc) is 3.31. The second-order valence-corrected chi connectivity index (χ2v) is 8.09. The Kier molecular flexibility index (Phi) is 6.38. The number of nitrogens with zero attached hydrogens (tertiary/aromatic N) is 4. The summed E-state index contributed by atoms with van der Waals surface area (Å²) >= 11 is 6.24. The molecule has 0 bridgehead atoms. The van der Waals surface area contributed by atoms with Crippen molar-refractivity contribution in [3.05, 3.63) is 28.9 Å². The van der Waals surface area contributed by atoms with Crippen LogP contribution in [0.2, 0.25) is 5.02 Å². The molecule has 7 nitrogen and oxygen atoms in total. The summed E-state index contributed by atoms with van der Waals surface area (Å²) in [6, 6.07) is 3.76. The van der Waals surface area contributed by atoms with E-state index in [9.17, 15) is 4.79 Å². The number of fused-ring (bicyclic) bond motifs is 1. The molecule has 0 spiro atoms. The van der Waals surface area contributed by atoms with Crippen LogP contribution in [0.4, 0.5) is 5.82 Å². The first kappa shape index (κ1) is 20.9. The highest BCUT2D eigenvalue weighted by Crippen LogP contribution is 2.26. The molecule has 8 heteroatoms. The van der Waals surface area contributed by atoms with Crippen molar-refractivity contribution in [3.63, 3.8) is 0 Å². The van der Waals surface area contributed by atoms with Gasteiger partial charge in [0.25, 0.3) is 5.91 Å². The van der Waals surface area contributed by atoms with E-state index < -0.39 is 0 Å². The molecule has 0 saturated carbocycles. The molecule has 1 atom stereocenters. The molecule has 0 radical (unpaired) electrons. The molecule has 1 amide bonds. The van der Waals surface area contributed by atoms with Gasteiger partial charge in [0.05, 0.1) is 22.3 Å². The third-order valence-electron chi connectivity index (χ3n) is 5.81. The third kappa shape index (κ3) is 4.36. The molecule has 2 aliphatic heterocycles. The molecule has 2 aliphatic rings. The number of carbonyl (C=O) groups is 1. The molecular weight excluding hydrogens is 404 g/mol. The molecule has 4 rings (SSSR count). The number of aliphatic hydroxyl groups excluding tert-OH is 1. The maximum Gasteiger partial charge on any atom is 0.251 e. The monoisotopic (exact) mass is 428 g/mol. The molecule has 2 saturated heterocycles. The first-order valence-corrected chi connectivity index (χ1v) is 10.6. The predicted octanol–water partition coefficient (Wildman–Crippen LogP) is 2.23. The molecule has 2 aromatic rings. The number of aromatic nitrogens is 2. The fourth-order valence-electron chi connectivity index (χ4n) is 4.07. The van der Waals surface area contributed by atoms with Crippen LogP contribution in [0.25, 0.3) is 11.0 Å². The van der Waals surface area contributed by atoms with Crippen LogP contribution in [0.15, 0.2) is 18.3 Å². The van der Waals surface area contributed by atoms with E-state index in [4.69, 9.17) is 26.4 Å². The molecule has 1 aromatic heterocycles. The van der Waals surface area contributed by atoms with E-state index in [2.05, 4.69) is 21.7 Å². The number of carbonyl (C=O) groups excluding carboxylic acids is 1. The van der Waals surface area contributed by atoms with Crippen LogP contribution >= 0.6 is 11.6 Å². The van der Waals surface area contributed by atoms with Crippen molar-refractivity contribution in [2.45, 2.75) is 37.8 Å². The second-order valence-electron chi connectivity index (χ2n) is 7.68. The van der Waals surface area contributed by atoms with Crippen LogP contribution in [0, 0.1) is 11.8 Å². The maximum atomic E-state index is 12.6. The Morgan fingerprint density at radius 2 is 2.13 bits per heavy atom. The summed E-state index contributed by atoms with van der Waals surface area (Å²) in [5, 5.41) is 9.41. The molecule has 3 heterocycles. The third-order valence-corrected chi connectivity index (χ3v) is 6.12. The smallest absolute Gasteiger partial charge is 0.251 e. The van der Waals surface area contributed by atoms with Gasteiger partial charge in [-0.15, -0.1) is 0 Å². The van der Waals surface area contributed by atoms with Gasteiger partial charge in [0.2, 0.25) is 0 Å². The highest BCUT2D eigenvalue weighted by atomic mass is 35.5. The Morgan fingerprint density at radius 1 is 1.33 bits per heavy atom. The van der Waals surface area contributed by atoms with Gasteiger partial charge >= 0.3 is 0 Å². The number of rotatable bonds is 3. The predicted molar refractivity (Wildman–Crippen MR) is 115 cm³/mol. The molecule has 30 heavy (non-hydrogen) atoms. The van der Waals surface area contributed by atoms with Crippen molar-refractivity contribution >= 4 is 34.4 Å². The van der Waals surface area contributed by atoms with Crippen LogP contribution in [0.3, 0.4) is 0 Å². The topological polar surface area (TPSA) is 78.8 Å². The van der Waals surface area contributed by atoms with Gasteiger partial charge in [-0.2, -0.15) is 0 Å². The van der Waals surface area contributed by atoms with Crippen molar-refractivity contribution in [2.24, 2.45) is 0 Å². The van der Waals surface area contributed by atoms with E-state index in [-0.39, 0.29) is 24.7 Å². The van der Waals surface area contributed by atoms with E-state index in [0.717, 1.165) is 44.6 Å². The summed E-state index contributed by atoms with van der Waals surface area (Å²) in [6.45, 7) is 2.07. The number of aliphatic hydroxyl groups is 1. The van der Waals surface area contributed by atoms with Gasteiger partial charge in [0.15, 0.2) is 0 Å². The minimum absolute atomic E-state index is 0.102. The number of piperidine rings is 1. The number of anilines is 1. The number of halogens is 1. The Labute approximate surface area is 181 Å². The van der Waals surface area contributed by atoms with Gasteiger partial charge in [0, 0.05) is 38.3 Å². The molecule has 2 fully saturated rings. The SMILES string of the molecule is CN(C(=O)C1CCCO1)C1CCN(c2cnc3cc(Cl)c(C#CCO)cc3n2)CC1. The number of hydrogen-bond donors (Lipinski definition) is 1. The Morgan fingerprint density at radius 3 is 2.83 bits per heavy atom. The van der Waals surface area contributed by atoms with E-state index in [1.807, 2.05) is 11.9 Å². The fourth-order valence-corrected chi connectivity index (χ4v) is 4.27. The maximum absolute atomic E-state index is 12.6. The van der Waals surface area contributed by atoms with Gasteiger partial charge in [-0.1, -0.05) is 23.4 Å². The summed E-state index contributed by atoms with van der Waals surface area (Å²) in [6.07, 6.45) is 5.03. The number of benzene rings is 1. The molecule has 158 valence electrons. The summed E-state index contributed by atoms with van der Waals surface area (Å²) in [5.74, 6) is 6.36. The van der Waals surface area contributed by atoms with E-state index >= 15 is 0 Å². The number of amides is 1. The summed E-state index contributed by atoms with van der Waals surface area (Å²) < 4.78 is 5.55. The lowest BCUT2D eigenvalue weighted by Crippen LogP contribution is -2.48. The van der Waals surface area contributed by atoms with E-state index in [1.165, 1.54) is 0 Å². The second kappa shape index (κ2) is 9.17. The van der Waals surface area contributed by atoms with Gasteiger partial charge in [-0.25, -0.2) is 4.98 Å². The Hall–Kier alpha value is -2.40. The summed E-state index contributed by atoms with van der Waals surface area (Å²) in [7, 11) is 1.89. The van der Waals surface area contributed by atoms with Gasteiger partial charge in [0.1, 0.15) is 18.5 Å². The van der Waals surface area contributed by atoms with Crippen LogP contribution < -0.4 is 4.90 Å². The highest BCUT2D eigenvalue weighted by Gasteiger charge is 2.32. The largest absolute Gasteiger partial charge is 0.384 e. The molecule has 1 N–H and O–H groups in total. The zero-order valence-corrected chi connectivity index (χ0v) is 17.7. The quantitative estimate of drug-likeness (QED) is 0.755. The van der Waals surface area contributed by atoms with Crippen LogP contribution in [0.1, 0.15) is 31.2 Å². The van der Waals surface area contributed by atoms with Crippen LogP contribution in [0.5, 0.6) is 0 Å². The van der Waals surface area contributed by atoms with Gasteiger partial charge in [-0.3, -0.25) is 9.78 Å². The standard InChI is InChI=1S/C22H25ClN4O3/c1-26(22(29)20-5-3-11-30-20)16-6-8-27(9-7-16)21-14-24-18-13-17(23)15(4-2-10-28)12-19(18)25-21/h12-14,16,20,28H,3,5-11H2,1H3. The van der Waals surface area contributed by atoms with E-state index in [0.29, 0.717) is 28.2 Å². The molecular formula is C22H25ClN4O3. The minimum Gasteiger partial charge on any atom is -0.384 e. The highest BCUT2D eigenvalue weighted by molar-refractivity contribution is 6.32. The summed E-state index contributed by atoms with van der Waals surface area (Å²) in [4.78, 5) is 25.9. The first-order chi connectivity index (χ1) is 14.6. The number of ether oxygens (including phenoxy) is 1. The van der Waals surface area contributed by atoms with Crippen molar-refractivity contribution < 1.29 is 14.6 Å². The van der Waals surface area contributed by atoms with Crippen molar-refractivity contribution in [2.75, 3.05) is 38.3 Å².